The first-order valence-electron chi connectivity index (χ1n) is 7.79. The van der Waals surface area contributed by atoms with Crippen molar-refractivity contribution in [1.29, 1.82) is 0 Å². The number of carbonyl (C=O) groups is 1. The number of hydrogen-bond acceptors (Lipinski definition) is 3. The van der Waals surface area contributed by atoms with E-state index < -0.39 is 5.97 Å². The number of piperidine rings is 1. The number of likely N-dealkylation sites (N-methyl/N-ethyl adjacent to an activating group) is 1. The van der Waals surface area contributed by atoms with Gasteiger partial charge in [-0.25, -0.2) is 0 Å². The van der Waals surface area contributed by atoms with Crippen LogP contribution in [-0.4, -0.2) is 60.1 Å². The number of nitrogens with zero attached hydrogens (tertiary/aromatic N) is 2. The van der Waals surface area contributed by atoms with E-state index in [1.54, 1.807) is 0 Å². The van der Waals surface area contributed by atoms with Crippen LogP contribution >= 0.6 is 0 Å². The van der Waals surface area contributed by atoms with E-state index in [1.165, 1.54) is 38.6 Å². The van der Waals surface area contributed by atoms with Crippen LogP contribution in [0.5, 0.6) is 0 Å². The summed E-state index contributed by atoms with van der Waals surface area (Å²) in [6, 6.07) is 0.457. The average Bonchev–Trinajstić information content (AvgIpc) is 2.89. The van der Waals surface area contributed by atoms with Crippen molar-refractivity contribution in [1.82, 2.24) is 9.80 Å². The number of hydrogen-bond donors (Lipinski definition) is 1. The fourth-order valence-corrected chi connectivity index (χ4v) is 3.59. The van der Waals surface area contributed by atoms with Crippen LogP contribution in [0.3, 0.4) is 0 Å². The maximum absolute atomic E-state index is 10.7. The number of rotatable bonds is 6. The molecule has 1 aliphatic carbocycles. The molecule has 110 valence electrons. The molecular formula is C15H28N2O2. The molecule has 2 fully saturated rings. The lowest BCUT2D eigenvalue weighted by Crippen LogP contribution is -2.45. The highest BCUT2D eigenvalue weighted by Crippen LogP contribution is 2.28. The number of likely N-dealkylation sites (tertiary alicyclic amines) is 1. The van der Waals surface area contributed by atoms with Gasteiger partial charge < -0.3 is 10.0 Å². The zero-order valence-electron chi connectivity index (χ0n) is 12.2. The summed E-state index contributed by atoms with van der Waals surface area (Å²) in [5.74, 6) is 0.263. The molecule has 1 saturated carbocycles. The second kappa shape index (κ2) is 7.25. The number of carboxylic acids is 1. The van der Waals surface area contributed by atoms with Gasteiger partial charge in [0.1, 0.15) is 0 Å². The summed E-state index contributed by atoms with van der Waals surface area (Å²) in [6.45, 7) is 3.70. The first-order valence-corrected chi connectivity index (χ1v) is 7.79. The summed E-state index contributed by atoms with van der Waals surface area (Å²) in [7, 11) is 1.94. The van der Waals surface area contributed by atoms with Crippen LogP contribution in [0.2, 0.25) is 0 Å². The summed E-state index contributed by atoms with van der Waals surface area (Å²) in [5, 5.41) is 8.82. The molecule has 0 radical (unpaired) electrons. The SMILES string of the molecule is CN(CC(=O)O)C1CCN(CCC2CCCC2)CC1. The van der Waals surface area contributed by atoms with Crippen molar-refractivity contribution in [3.63, 3.8) is 0 Å². The van der Waals surface area contributed by atoms with E-state index in [4.69, 9.17) is 5.11 Å². The first kappa shape index (κ1) is 14.8. The van der Waals surface area contributed by atoms with Crippen molar-refractivity contribution >= 4 is 5.97 Å². The van der Waals surface area contributed by atoms with Gasteiger partial charge >= 0.3 is 5.97 Å². The highest BCUT2D eigenvalue weighted by atomic mass is 16.4. The minimum Gasteiger partial charge on any atom is -0.480 e. The highest BCUT2D eigenvalue weighted by Gasteiger charge is 2.24. The second-order valence-corrected chi connectivity index (χ2v) is 6.32. The Kier molecular flexibility index (Phi) is 5.64. The van der Waals surface area contributed by atoms with Gasteiger partial charge in [-0.05, 0) is 51.9 Å². The third-order valence-corrected chi connectivity index (χ3v) is 4.89. The molecule has 0 amide bonds. The summed E-state index contributed by atoms with van der Waals surface area (Å²) in [5.41, 5.74) is 0. The Bertz CT molecular complexity index is 282. The third-order valence-electron chi connectivity index (χ3n) is 4.89. The Morgan fingerprint density at radius 3 is 2.42 bits per heavy atom. The minimum absolute atomic E-state index is 0.173. The Balaban J connectivity index is 1.62. The molecule has 0 bridgehead atoms. The van der Waals surface area contributed by atoms with Crippen molar-refractivity contribution < 1.29 is 9.90 Å². The molecule has 0 unspecified atom stereocenters. The molecule has 0 aromatic heterocycles. The number of aliphatic carboxylic acids is 1. The third kappa shape index (κ3) is 4.77. The van der Waals surface area contributed by atoms with Crippen LogP contribution in [0.25, 0.3) is 0 Å². The first-order chi connectivity index (χ1) is 9.15. The summed E-state index contributed by atoms with van der Waals surface area (Å²) < 4.78 is 0. The molecule has 19 heavy (non-hydrogen) atoms. The molecular weight excluding hydrogens is 240 g/mol. The van der Waals surface area contributed by atoms with Crippen molar-refractivity contribution in [3.05, 3.63) is 0 Å². The molecule has 2 aliphatic rings. The molecule has 0 atom stereocenters. The van der Waals surface area contributed by atoms with Crippen LogP contribution in [-0.2, 0) is 4.79 Å². The van der Waals surface area contributed by atoms with Gasteiger partial charge in [0.25, 0.3) is 0 Å². The lowest BCUT2D eigenvalue weighted by molar-refractivity contribution is -0.138. The standard InChI is InChI=1S/C15H28N2O2/c1-16(12-15(18)19)14-7-10-17(11-8-14)9-6-13-4-2-3-5-13/h13-14H,2-12H2,1H3,(H,18,19). The molecule has 0 spiro atoms. The average molecular weight is 268 g/mol. The van der Waals surface area contributed by atoms with Gasteiger partial charge in [-0.3, -0.25) is 9.69 Å². The van der Waals surface area contributed by atoms with Crippen molar-refractivity contribution in [2.24, 2.45) is 5.92 Å². The van der Waals surface area contributed by atoms with Crippen molar-refractivity contribution in [2.45, 2.75) is 51.0 Å². The van der Waals surface area contributed by atoms with Crippen LogP contribution in [0.1, 0.15) is 44.9 Å². The van der Waals surface area contributed by atoms with E-state index in [0.717, 1.165) is 31.8 Å². The van der Waals surface area contributed by atoms with Crippen LogP contribution < -0.4 is 0 Å². The zero-order chi connectivity index (χ0) is 13.7. The van der Waals surface area contributed by atoms with Crippen molar-refractivity contribution in [2.75, 3.05) is 33.2 Å². The van der Waals surface area contributed by atoms with Crippen molar-refractivity contribution in [3.8, 4) is 0 Å². The Hall–Kier alpha value is -0.610. The van der Waals surface area contributed by atoms with Crippen LogP contribution in [0.4, 0.5) is 0 Å². The predicted octanol–water partition coefficient (Wildman–Crippen LogP) is 2.05. The smallest absolute Gasteiger partial charge is 0.317 e. The molecule has 1 N–H and O–H groups in total. The summed E-state index contributed by atoms with van der Waals surface area (Å²) in [4.78, 5) is 15.3. The molecule has 1 saturated heterocycles. The largest absolute Gasteiger partial charge is 0.480 e. The molecule has 0 aromatic carbocycles. The lowest BCUT2D eigenvalue weighted by Gasteiger charge is -2.36. The van der Waals surface area contributed by atoms with E-state index in [1.807, 2.05) is 11.9 Å². The van der Waals surface area contributed by atoms with Gasteiger partial charge in [-0.15, -0.1) is 0 Å². The molecule has 1 heterocycles. The zero-order valence-corrected chi connectivity index (χ0v) is 12.2. The van der Waals surface area contributed by atoms with Gasteiger partial charge in [0, 0.05) is 6.04 Å². The molecule has 0 aromatic rings. The van der Waals surface area contributed by atoms with E-state index in [-0.39, 0.29) is 6.54 Å². The maximum atomic E-state index is 10.7. The van der Waals surface area contributed by atoms with Gasteiger partial charge in [0.05, 0.1) is 6.54 Å². The van der Waals surface area contributed by atoms with Crippen LogP contribution in [0.15, 0.2) is 0 Å². The number of carboxylic acid groups (broad SMARTS) is 1. The van der Waals surface area contributed by atoms with Gasteiger partial charge in [-0.1, -0.05) is 25.7 Å². The topological polar surface area (TPSA) is 43.8 Å². The quantitative estimate of drug-likeness (QED) is 0.800. The van der Waals surface area contributed by atoms with Gasteiger partial charge in [0.2, 0.25) is 0 Å². The van der Waals surface area contributed by atoms with E-state index in [9.17, 15) is 4.79 Å². The van der Waals surface area contributed by atoms with Gasteiger partial charge in [-0.2, -0.15) is 0 Å². The normalized spacial score (nSPS) is 23.3. The van der Waals surface area contributed by atoms with E-state index >= 15 is 0 Å². The minimum atomic E-state index is -0.717. The van der Waals surface area contributed by atoms with E-state index in [2.05, 4.69) is 4.90 Å². The Morgan fingerprint density at radius 2 is 1.84 bits per heavy atom. The van der Waals surface area contributed by atoms with Crippen LogP contribution in [0, 0.1) is 5.92 Å². The predicted molar refractivity (Wildman–Crippen MR) is 76.3 cm³/mol. The van der Waals surface area contributed by atoms with E-state index in [0.29, 0.717) is 6.04 Å². The maximum Gasteiger partial charge on any atom is 0.317 e. The second-order valence-electron chi connectivity index (χ2n) is 6.32. The molecule has 4 nitrogen and oxygen atoms in total. The highest BCUT2D eigenvalue weighted by molar-refractivity contribution is 5.69. The molecule has 2 rings (SSSR count). The lowest BCUT2D eigenvalue weighted by atomic mass is 10.0. The fraction of sp³-hybridized carbons (Fsp3) is 0.933. The fourth-order valence-electron chi connectivity index (χ4n) is 3.59. The summed E-state index contributed by atoms with van der Waals surface area (Å²) >= 11 is 0. The molecule has 4 heteroatoms. The molecule has 1 aliphatic heterocycles. The Morgan fingerprint density at radius 1 is 1.21 bits per heavy atom. The Labute approximate surface area is 116 Å². The monoisotopic (exact) mass is 268 g/mol. The van der Waals surface area contributed by atoms with Gasteiger partial charge in [0.15, 0.2) is 0 Å². The summed E-state index contributed by atoms with van der Waals surface area (Å²) in [6.07, 6.45) is 9.37.